The van der Waals surface area contributed by atoms with Crippen LogP contribution >= 0.6 is 0 Å². The lowest BCUT2D eigenvalue weighted by molar-refractivity contribution is -0.384. The molecule has 0 N–H and O–H groups in total. The van der Waals surface area contributed by atoms with E-state index in [1.807, 2.05) is 13.8 Å². The Morgan fingerprint density at radius 2 is 1.83 bits per heavy atom. The molecule has 6 heteroatoms. The van der Waals surface area contributed by atoms with Gasteiger partial charge in [0.15, 0.2) is 0 Å². The number of hydrogen-bond donors (Lipinski definition) is 0. The van der Waals surface area contributed by atoms with Gasteiger partial charge in [0, 0.05) is 36.9 Å². The lowest BCUT2D eigenvalue weighted by atomic mass is 10.1. The summed E-state index contributed by atoms with van der Waals surface area (Å²) < 4.78 is 5.64. The fourth-order valence-electron chi connectivity index (χ4n) is 2.14. The molecule has 0 fully saturated rings. The lowest BCUT2D eigenvalue weighted by Crippen LogP contribution is -2.28. The van der Waals surface area contributed by atoms with Gasteiger partial charge >= 0.3 is 0 Å². The number of carbonyl (C=O) groups excluding carboxylic acids is 1. The summed E-state index contributed by atoms with van der Waals surface area (Å²) in [6, 6.07) is 9.64. The fourth-order valence-corrected chi connectivity index (χ4v) is 2.14. The van der Waals surface area contributed by atoms with E-state index < -0.39 is 4.92 Å². The zero-order chi connectivity index (χ0) is 16.8. The number of carbonyl (C=O) groups is 1. The Morgan fingerprint density at radius 1 is 1.17 bits per heavy atom. The molecular weight excluding hydrogens is 296 g/mol. The minimum absolute atomic E-state index is 0.0326. The van der Waals surface area contributed by atoms with E-state index in [1.165, 1.54) is 18.2 Å². The smallest absolute Gasteiger partial charge is 0.269 e. The maximum absolute atomic E-state index is 11.9. The van der Waals surface area contributed by atoms with Gasteiger partial charge in [-0.15, -0.1) is 0 Å². The first-order valence-corrected chi connectivity index (χ1v) is 7.36. The standard InChI is InChI=1S/C17H18N2O4/c1-3-18(4-2)17(20)12-10-15-9-11-16(23-15)13-5-7-14(8-6-13)19(21)22/h5-12H,3-4H2,1-2H3/b12-10+. The van der Waals surface area contributed by atoms with E-state index in [-0.39, 0.29) is 11.6 Å². The van der Waals surface area contributed by atoms with E-state index in [0.717, 1.165) is 5.56 Å². The Morgan fingerprint density at radius 3 is 2.39 bits per heavy atom. The Balaban J connectivity index is 2.11. The van der Waals surface area contributed by atoms with Crippen molar-refractivity contribution in [2.45, 2.75) is 13.8 Å². The van der Waals surface area contributed by atoms with Crippen LogP contribution in [0.1, 0.15) is 19.6 Å². The third-order valence-electron chi connectivity index (χ3n) is 3.45. The minimum atomic E-state index is -0.446. The number of likely N-dealkylation sites (N-methyl/N-ethyl adjacent to an activating group) is 1. The zero-order valence-corrected chi connectivity index (χ0v) is 13.1. The van der Waals surface area contributed by atoms with Crippen LogP contribution in [-0.2, 0) is 4.79 Å². The van der Waals surface area contributed by atoms with Gasteiger partial charge in [-0.3, -0.25) is 14.9 Å². The molecule has 1 aromatic carbocycles. The molecular formula is C17H18N2O4. The van der Waals surface area contributed by atoms with Gasteiger partial charge in [0.1, 0.15) is 11.5 Å². The normalized spacial score (nSPS) is 10.9. The number of non-ortho nitro benzene ring substituents is 1. The summed E-state index contributed by atoms with van der Waals surface area (Å²) >= 11 is 0. The third-order valence-corrected chi connectivity index (χ3v) is 3.45. The number of rotatable bonds is 6. The number of nitro groups is 1. The number of amides is 1. The van der Waals surface area contributed by atoms with Crippen molar-refractivity contribution < 1.29 is 14.1 Å². The maximum Gasteiger partial charge on any atom is 0.269 e. The molecule has 120 valence electrons. The first-order chi connectivity index (χ1) is 11.0. The number of nitro benzene ring substituents is 1. The highest BCUT2D eigenvalue weighted by Crippen LogP contribution is 2.25. The average Bonchev–Trinajstić information content (AvgIpc) is 3.03. The summed E-state index contributed by atoms with van der Waals surface area (Å²) in [7, 11) is 0. The SMILES string of the molecule is CCN(CC)C(=O)/C=C/c1ccc(-c2ccc([N+](=O)[O-])cc2)o1. The molecule has 0 aliphatic carbocycles. The van der Waals surface area contributed by atoms with Gasteiger partial charge in [-0.25, -0.2) is 0 Å². The van der Waals surface area contributed by atoms with Crippen LogP contribution in [0.4, 0.5) is 5.69 Å². The number of furan rings is 1. The topological polar surface area (TPSA) is 76.6 Å². The summed E-state index contributed by atoms with van der Waals surface area (Å²) in [6.45, 7) is 5.17. The van der Waals surface area contributed by atoms with E-state index in [2.05, 4.69) is 0 Å². The molecule has 2 rings (SSSR count). The van der Waals surface area contributed by atoms with E-state index in [1.54, 1.807) is 35.2 Å². The Hall–Kier alpha value is -2.89. The van der Waals surface area contributed by atoms with Crippen molar-refractivity contribution in [1.82, 2.24) is 4.90 Å². The maximum atomic E-state index is 11.9. The van der Waals surface area contributed by atoms with Crippen LogP contribution in [-0.4, -0.2) is 28.8 Å². The molecule has 0 atom stereocenters. The summed E-state index contributed by atoms with van der Waals surface area (Å²) in [5.41, 5.74) is 0.774. The molecule has 23 heavy (non-hydrogen) atoms. The minimum Gasteiger partial charge on any atom is -0.457 e. The Kier molecular flexibility index (Phi) is 5.30. The molecule has 1 amide bonds. The first kappa shape index (κ1) is 16.5. The quantitative estimate of drug-likeness (QED) is 0.462. The molecule has 2 aromatic rings. The van der Waals surface area contributed by atoms with Gasteiger partial charge in [-0.05, 0) is 44.2 Å². The summed E-state index contributed by atoms with van der Waals surface area (Å²) in [4.78, 5) is 23.8. The largest absolute Gasteiger partial charge is 0.457 e. The summed E-state index contributed by atoms with van der Waals surface area (Å²) in [5.74, 6) is 1.08. The first-order valence-electron chi connectivity index (χ1n) is 7.36. The van der Waals surface area contributed by atoms with Gasteiger partial charge in [0.2, 0.25) is 5.91 Å². The number of nitrogens with zero attached hydrogens (tertiary/aromatic N) is 2. The Bertz CT molecular complexity index is 712. The molecule has 0 aliphatic rings. The molecule has 0 spiro atoms. The highest BCUT2D eigenvalue weighted by atomic mass is 16.6. The van der Waals surface area contributed by atoms with Crippen molar-refractivity contribution in [2.24, 2.45) is 0 Å². The molecule has 6 nitrogen and oxygen atoms in total. The third kappa shape index (κ3) is 4.06. The van der Waals surface area contributed by atoms with Gasteiger partial charge in [-0.2, -0.15) is 0 Å². The van der Waals surface area contributed by atoms with Gasteiger partial charge in [0.25, 0.3) is 5.69 Å². The summed E-state index contributed by atoms with van der Waals surface area (Å²) in [5, 5.41) is 10.6. The highest BCUT2D eigenvalue weighted by molar-refractivity contribution is 5.91. The van der Waals surface area contributed by atoms with Crippen LogP contribution in [0.2, 0.25) is 0 Å². The van der Waals surface area contributed by atoms with Crippen molar-refractivity contribution in [3.8, 4) is 11.3 Å². The molecule has 0 aliphatic heterocycles. The molecule has 1 aromatic heterocycles. The molecule has 0 saturated carbocycles. The van der Waals surface area contributed by atoms with Crippen LogP contribution < -0.4 is 0 Å². The fraction of sp³-hybridized carbons (Fsp3) is 0.235. The van der Waals surface area contributed by atoms with Crippen LogP contribution in [0.15, 0.2) is 46.9 Å². The van der Waals surface area contributed by atoms with Crippen LogP contribution in [0.5, 0.6) is 0 Å². The van der Waals surface area contributed by atoms with Crippen molar-refractivity contribution >= 4 is 17.7 Å². The van der Waals surface area contributed by atoms with Crippen molar-refractivity contribution in [2.75, 3.05) is 13.1 Å². The molecule has 0 unspecified atom stereocenters. The molecule has 0 saturated heterocycles. The molecule has 0 bridgehead atoms. The highest BCUT2D eigenvalue weighted by Gasteiger charge is 2.08. The predicted octanol–water partition coefficient (Wildman–Crippen LogP) is 3.74. The van der Waals surface area contributed by atoms with E-state index in [0.29, 0.717) is 24.6 Å². The second-order valence-corrected chi connectivity index (χ2v) is 4.85. The predicted molar refractivity (Wildman–Crippen MR) is 87.8 cm³/mol. The second kappa shape index (κ2) is 7.40. The van der Waals surface area contributed by atoms with Gasteiger partial charge in [0.05, 0.1) is 4.92 Å². The van der Waals surface area contributed by atoms with Crippen LogP contribution in [0.3, 0.4) is 0 Å². The monoisotopic (exact) mass is 314 g/mol. The van der Waals surface area contributed by atoms with E-state index in [4.69, 9.17) is 4.42 Å². The number of hydrogen-bond acceptors (Lipinski definition) is 4. The van der Waals surface area contributed by atoms with Crippen molar-refractivity contribution in [3.63, 3.8) is 0 Å². The zero-order valence-electron chi connectivity index (χ0n) is 13.1. The van der Waals surface area contributed by atoms with E-state index in [9.17, 15) is 14.9 Å². The average molecular weight is 314 g/mol. The number of benzene rings is 1. The van der Waals surface area contributed by atoms with Crippen molar-refractivity contribution in [3.05, 3.63) is 58.3 Å². The van der Waals surface area contributed by atoms with Crippen LogP contribution in [0.25, 0.3) is 17.4 Å². The Labute approximate surface area is 134 Å². The molecule has 0 radical (unpaired) electrons. The molecule has 1 heterocycles. The van der Waals surface area contributed by atoms with Gasteiger partial charge in [-0.1, -0.05) is 0 Å². The summed E-state index contributed by atoms with van der Waals surface area (Å²) in [6.07, 6.45) is 3.10. The van der Waals surface area contributed by atoms with Crippen molar-refractivity contribution in [1.29, 1.82) is 0 Å². The second-order valence-electron chi connectivity index (χ2n) is 4.85. The lowest BCUT2D eigenvalue weighted by Gasteiger charge is -2.15. The van der Waals surface area contributed by atoms with Gasteiger partial charge < -0.3 is 9.32 Å². The van der Waals surface area contributed by atoms with Crippen LogP contribution in [0, 0.1) is 10.1 Å². The van der Waals surface area contributed by atoms with E-state index >= 15 is 0 Å².